The molecule has 3 unspecified atom stereocenters. The molecular weight excluding hydrogens is 964 g/mol. The van der Waals surface area contributed by atoms with Gasteiger partial charge in [-0.3, -0.25) is 14.2 Å². The van der Waals surface area contributed by atoms with Crippen molar-refractivity contribution in [2.75, 3.05) is 40.9 Å². The first-order valence-corrected chi connectivity index (χ1v) is 32.9. The van der Waals surface area contributed by atoms with Gasteiger partial charge in [-0.05, 0) is 102 Å². The number of likely N-dealkylation sites (N-methyl/N-ethyl adjacent to an activating group) is 1. The van der Waals surface area contributed by atoms with E-state index >= 15 is 0 Å². The van der Waals surface area contributed by atoms with Crippen LogP contribution in [0.3, 0.4) is 0 Å². The molecule has 1 amide bonds. The minimum absolute atomic E-state index is 0.0300. The van der Waals surface area contributed by atoms with Crippen molar-refractivity contribution in [1.82, 2.24) is 5.32 Å². The number of nitrogens with zero attached hydrogens (tertiary/aromatic N) is 1. The van der Waals surface area contributed by atoms with Crippen LogP contribution in [-0.4, -0.2) is 69.4 Å². The van der Waals surface area contributed by atoms with Crippen LogP contribution in [0.15, 0.2) is 85.1 Å². The van der Waals surface area contributed by atoms with Gasteiger partial charge in [-0.1, -0.05) is 241 Å². The molecule has 0 aromatic carbocycles. The van der Waals surface area contributed by atoms with E-state index < -0.39 is 26.6 Å². The second-order valence-electron chi connectivity index (χ2n) is 22.2. The quantitative estimate of drug-likeness (QED) is 0.0161. The van der Waals surface area contributed by atoms with Gasteiger partial charge >= 0.3 is 5.97 Å². The van der Waals surface area contributed by atoms with Gasteiger partial charge in [-0.25, -0.2) is 0 Å². The fourth-order valence-corrected chi connectivity index (χ4v) is 9.40. The highest BCUT2D eigenvalue weighted by Crippen LogP contribution is 2.38. The number of nitrogens with one attached hydrogen (secondary N) is 1. The molecule has 0 heterocycles. The summed E-state index contributed by atoms with van der Waals surface area (Å²) in [6, 6.07) is -0.903. The first-order valence-electron chi connectivity index (χ1n) is 31.4. The van der Waals surface area contributed by atoms with Crippen LogP contribution in [0, 0.1) is 0 Å². The molecule has 0 radical (unpaired) electrons. The SMILES string of the molecule is CCCCC/C=C\C/C=C\C/C=C\C/C=C\CCCCCCCCCC(=O)NC(COP(=O)([O-])OCC[N+](C)(C)C)C(/C=C\CCCCCCCCCCCC)OC(=O)CCCCCCCC/C=C/C=C/CCCCC. The molecule has 0 rings (SSSR count). The Balaban J connectivity index is 5.25. The molecule has 0 spiro atoms. The summed E-state index contributed by atoms with van der Waals surface area (Å²) in [4.78, 5) is 40.0. The Labute approximate surface area is 469 Å². The molecular formula is C66H119N2O7P. The van der Waals surface area contributed by atoms with Crippen LogP contribution in [0.4, 0.5) is 0 Å². The van der Waals surface area contributed by atoms with E-state index in [2.05, 4.69) is 99.0 Å². The number of quaternary nitrogens is 1. The maximum Gasteiger partial charge on any atom is 0.306 e. The van der Waals surface area contributed by atoms with Gasteiger partial charge in [0.25, 0.3) is 7.82 Å². The third-order valence-corrected chi connectivity index (χ3v) is 14.5. The monoisotopic (exact) mass is 1080 g/mol. The molecule has 3 atom stereocenters. The largest absolute Gasteiger partial charge is 0.756 e. The van der Waals surface area contributed by atoms with Gasteiger partial charge in [-0.2, -0.15) is 0 Å². The average molecular weight is 1080 g/mol. The fraction of sp³-hybridized carbons (Fsp3) is 0.758. The third kappa shape index (κ3) is 55.9. The van der Waals surface area contributed by atoms with Gasteiger partial charge in [-0.15, -0.1) is 0 Å². The predicted molar refractivity (Wildman–Crippen MR) is 325 cm³/mol. The van der Waals surface area contributed by atoms with Crippen LogP contribution in [0.25, 0.3) is 0 Å². The molecule has 0 aliphatic rings. The Hall–Kier alpha value is -2.81. The van der Waals surface area contributed by atoms with E-state index in [-0.39, 0.29) is 24.9 Å². The lowest BCUT2D eigenvalue weighted by Crippen LogP contribution is -2.47. The summed E-state index contributed by atoms with van der Waals surface area (Å²) in [6.45, 7) is 6.77. The molecule has 76 heavy (non-hydrogen) atoms. The zero-order valence-corrected chi connectivity index (χ0v) is 51.1. The molecule has 0 fully saturated rings. The Morgan fingerprint density at radius 3 is 1.30 bits per heavy atom. The van der Waals surface area contributed by atoms with Gasteiger partial charge in [0.05, 0.1) is 33.8 Å². The molecule has 0 aromatic heterocycles. The number of amides is 1. The topological polar surface area (TPSA) is 114 Å². The van der Waals surface area contributed by atoms with Crippen LogP contribution < -0.4 is 10.2 Å². The first kappa shape index (κ1) is 73.2. The number of esters is 1. The first-order chi connectivity index (χ1) is 36.9. The standard InChI is InChI=1S/C66H119N2O7P/c1-7-10-13-16-19-22-25-28-30-31-32-33-34-35-36-37-39-40-43-46-49-52-55-58-65(69)67-63(62-74-76(71,72)73-61-60-68(4,5)6)64(57-54-51-48-45-42-27-24-21-18-15-12-9-3)75-66(70)59-56-53-50-47-44-41-38-29-26-23-20-17-14-11-8-2/h19-20,22-23,26,28-30,32-33,35-36,54,57,63-64H,7-18,21,24-25,27,31,34,37-53,55-56,58-62H2,1-6H3,(H-,67,69,71,72)/b22-19-,23-20+,29-26+,30-28-,33-32-,36-35-,57-54-. The number of phosphoric acid groups is 1. The number of rotatable bonds is 56. The van der Waals surface area contributed by atoms with Gasteiger partial charge in [0.1, 0.15) is 19.3 Å². The van der Waals surface area contributed by atoms with E-state index in [0.717, 1.165) is 109 Å². The lowest BCUT2D eigenvalue weighted by atomic mass is 10.0. The van der Waals surface area contributed by atoms with Gasteiger partial charge < -0.3 is 28.5 Å². The van der Waals surface area contributed by atoms with Crippen molar-refractivity contribution < 1.29 is 37.3 Å². The maximum atomic E-state index is 13.5. The zero-order chi connectivity index (χ0) is 55.7. The summed E-state index contributed by atoms with van der Waals surface area (Å²) in [5, 5.41) is 3.02. The van der Waals surface area contributed by atoms with Crippen LogP contribution in [0.1, 0.15) is 271 Å². The number of hydrogen-bond acceptors (Lipinski definition) is 7. The van der Waals surface area contributed by atoms with Crippen molar-refractivity contribution in [3.63, 3.8) is 0 Å². The van der Waals surface area contributed by atoms with Crippen LogP contribution in [-0.2, 0) is 27.9 Å². The summed E-state index contributed by atoms with van der Waals surface area (Å²) in [5.41, 5.74) is 0. The van der Waals surface area contributed by atoms with Crippen LogP contribution >= 0.6 is 7.82 Å². The number of allylic oxidation sites excluding steroid dienone is 13. The number of unbranched alkanes of at least 4 members (excludes halogenated alkanes) is 29. The Morgan fingerprint density at radius 2 is 0.842 bits per heavy atom. The maximum absolute atomic E-state index is 13.5. The summed E-state index contributed by atoms with van der Waals surface area (Å²) >= 11 is 0. The van der Waals surface area contributed by atoms with E-state index in [9.17, 15) is 19.0 Å². The molecule has 0 saturated heterocycles. The number of ether oxygens (including phenoxy) is 1. The number of phosphoric ester groups is 1. The highest BCUT2D eigenvalue weighted by atomic mass is 31.2. The molecule has 0 aliphatic heterocycles. The minimum atomic E-state index is -4.71. The zero-order valence-electron chi connectivity index (χ0n) is 50.2. The molecule has 440 valence electrons. The fourth-order valence-electron chi connectivity index (χ4n) is 8.67. The molecule has 10 heteroatoms. The average Bonchev–Trinajstić information content (AvgIpc) is 3.38. The van der Waals surface area contributed by atoms with E-state index in [1.54, 1.807) is 0 Å². The molecule has 1 N–H and O–H groups in total. The van der Waals surface area contributed by atoms with E-state index in [1.165, 1.54) is 122 Å². The molecule has 0 aliphatic carbocycles. The molecule has 9 nitrogen and oxygen atoms in total. The van der Waals surface area contributed by atoms with Gasteiger partial charge in [0.2, 0.25) is 5.91 Å². The highest BCUT2D eigenvalue weighted by Gasteiger charge is 2.27. The van der Waals surface area contributed by atoms with Crippen molar-refractivity contribution in [2.24, 2.45) is 0 Å². The Morgan fingerprint density at radius 1 is 0.474 bits per heavy atom. The smallest absolute Gasteiger partial charge is 0.306 e. The minimum Gasteiger partial charge on any atom is -0.756 e. The Kier molecular flexibility index (Phi) is 53.5. The number of carbonyl (C=O) groups excluding carboxylic acids is 2. The summed E-state index contributed by atoms with van der Waals surface area (Å²) in [5.74, 6) is -0.567. The van der Waals surface area contributed by atoms with Crippen molar-refractivity contribution in [3.05, 3.63) is 85.1 Å². The van der Waals surface area contributed by atoms with Crippen molar-refractivity contribution in [2.45, 2.75) is 283 Å². The van der Waals surface area contributed by atoms with Crippen molar-refractivity contribution in [3.8, 4) is 0 Å². The van der Waals surface area contributed by atoms with E-state index in [1.807, 2.05) is 33.3 Å². The Bertz CT molecular complexity index is 1580. The number of carbonyl (C=O) groups is 2. The summed E-state index contributed by atoms with van der Waals surface area (Å²) in [6.07, 6.45) is 72.5. The summed E-state index contributed by atoms with van der Waals surface area (Å²) < 4.78 is 30.3. The van der Waals surface area contributed by atoms with Gasteiger partial charge in [0.15, 0.2) is 0 Å². The van der Waals surface area contributed by atoms with Gasteiger partial charge in [0, 0.05) is 12.8 Å². The predicted octanol–water partition coefficient (Wildman–Crippen LogP) is 18.8. The summed E-state index contributed by atoms with van der Waals surface area (Å²) in [7, 11) is 1.16. The lowest BCUT2D eigenvalue weighted by Gasteiger charge is -2.30. The van der Waals surface area contributed by atoms with E-state index in [0.29, 0.717) is 23.9 Å². The normalized spacial score (nSPS) is 14.2. The third-order valence-electron chi connectivity index (χ3n) is 13.6. The molecule has 0 aromatic rings. The van der Waals surface area contributed by atoms with Crippen LogP contribution in [0.2, 0.25) is 0 Å². The second kappa shape index (κ2) is 55.5. The van der Waals surface area contributed by atoms with Crippen molar-refractivity contribution in [1.29, 1.82) is 0 Å². The van der Waals surface area contributed by atoms with Crippen molar-refractivity contribution >= 4 is 19.7 Å². The number of hydrogen-bond donors (Lipinski definition) is 1. The lowest BCUT2D eigenvalue weighted by molar-refractivity contribution is -0.870. The molecule has 0 saturated carbocycles. The highest BCUT2D eigenvalue weighted by molar-refractivity contribution is 7.45. The second-order valence-corrected chi connectivity index (χ2v) is 23.6. The van der Waals surface area contributed by atoms with E-state index in [4.69, 9.17) is 13.8 Å². The molecule has 0 bridgehead atoms. The van der Waals surface area contributed by atoms with Crippen LogP contribution in [0.5, 0.6) is 0 Å².